The van der Waals surface area contributed by atoms with Crippen molar-refractivity contribution in [3.8, 4) is 11.5 Å². The number of piperidine rings is 1. The first-order valence-corrected chi connectivity index (χ1v) is 10.6. The highest BCUT2D eigenvalue weighted by molar-refractivity contribution is 5.77. The van der Waals surface area contributed by atoms with Crippen molar-refractivity contribution < 1.29 is 14.3 Å². The van der Waals surface area contributed by atoms with Gasteiger partial charge in [0.15, 0.2) is 18.1 Å². The fraction of sp³-hybridized carbons (Fsp3) is 0.458. The van der Waals surface area contributed by atoms with E-state index in [0.29, 0.717) is 17.4 Å². The second-order valence-corrected chi connectivity index (χ2v) is 8.46. The Bertz CT molecular complexity index is 900. The van der Waals surface area contributed by atoms with Crippen LogP contribution in [0.1, 0.15) is 35.1 Å². The van der Waals surface area contributed by atoms with Crippen LogP contribution in [0.4, 0.5) is 0 Å². The van der Waals surface area contributed by atoms with Crippen molar-refractivity contribution >= 4 is 5.91 Å². The molecule has 2 aliphatic rings. The Kier molecular flexibility index (Phi) is 5.97. The van der Waals surface area contributed by atoms with E-state index in [4.69, 9.17) is 15.2 Å². The number of carbonyl (C=O) groups is 1. The van der Waals surface area contributed by atoms with Gasteiger partial charge in [-0.25, -0.2) is 0 Å². The average Bonchev–Trinajstić information content (AvgIpc) is 2.76. The predicted octanol–water partition coefficient (Wildman–Crippen LogP) is 2.58. The van der Waals surface area contributed by atoms with Crippen LogP contribution in [0.5, 0.6) is 11.5 Å². The van der Waals surface area contributed by atoms with Crippen molar-refractivity contribution in [3.63, 3.8) is 0 Å². The van der Waals surface area contributed by atoms with Gasteiger partial charge in [0.1, 0.15) is 0 Å². The van der Waals surface area contributed by atoms with Crippen LogP contribution < -0.4 is 15.2 Å². The maximum atomic E-state index is 11.9. The first-order chi connectivity index (χ1) is 14.5. The lowest BCUT2D eigenvalue weighted by atomic mass is 9.78. The molecule has 6 heteroatoms. The number of methoxy groups -OCH3 is 1. The number of nitrogens with two attached hydrogens (primary N) is 1. The molecule has 0 unspecified atom stereocenters. The van der Waals surface area contributed by atoms with Crippen LogP contribution >= 0.6 is 0 Å². The standard InChI is InChI=1S/C24H31N3O3/c1-26(2)24(28)15-30-23-11-17-9-10-27-14-19(16-7-5-4-6-8-16)20(25)13-21(27)18(17)12-22(23)29-3/h4-8,11-12,19-21H,9-10,13-15,25H2,1-3H3/t19-,20+,21+/m1/s1. The number of carbonyl (C=O) groups excluding carboxylic acids is 1. The van der Waals surface area contributed by atoms with Gasteiger partial charge in [-0.3, -0.25) is 9.69 Å². The Balaban J connectivity index is 1.56. The van der Waals surface area contributed by atoms with Crippen LogP contribution in [0.3, 0.4) is 0 Å². The second-order valence-electron chi connectivity index (χ2n) is 8.46. The Labute approximate surface area is 178 Å². The Morgan fingerprint density at radius 3 is 2.67 bits per heavy atom. The summed E-state index contributed by atoms with van der Waals surface area (Å²) in [6.07, 6.45) is 1.86. The van der Waals surface area contributed by atoms with E-state index < -0.39 is 0 Å². The molecule has 6 nitrogen and oxygen atoms in total. The number of hydrogen-bond acceptors (Lipinski definition) is 5. The van der Waals surface area contributed by atoms with Crippen molar-refractivity contribution in [2.24, 2.45) is 5.73 Å². The Morgan fingerprint density at radius 1 is 1.20 bits per heavy atom. The summed E-state index contributed by atoms with van der Waals surface area (Å²) in [6.45, 7) is 1.96. The van der Waals surface area contributed by atoms with Gasteiger partial charge in [-0.2, -0.15) is 0 Å². The van der Waals surface area contributed by atoms with Crippen molar-refractivity contribution in [3.05, 3.63) is 59.2 Å². The largest absolute Gasteiger partial charge is 0.493 e. The molecule has 0 aromatic heterocycles. The molecule has 2 aliphatic heterocycles. The van der Waals surface area contributed by atoms with Crippen LogP contribution in [0.2, 0.25) is 0 Å². The molecule has 0 spiro atoms. The van der Waals surface area contributed by atoms with Crippen LogP contribution in [-0.2, 0) is 11.2 Å². The lowest BCUT2D eigenvalue weighted by Crippen LogP contribution is -2.49. The van der Waals surface area contributed by atoms with E-state index in [1.165, 1.54) is 21.6 Å². The van der Waals surface area contributed by atoms with E-state index >= 15 is 0 Å². The number of nitrogens with zero attached hydrogens (tertiary/aromatic N) is 2. The van der Waals surface area contributed by atoms with Gasteiger partial charge in [0, 0.05) is 45.2 Å². The highest BCUT2D eigenvalue weighted by Crippen LogP contribution is 2.44. The molecule has 2 heterocycles. The maximum absolute atomic E-state index is 11.9. The molecular formula is C24H31N3O3. The van der Waals surface area contributed by atoms with E-state index in [0.717, 1.165) is 25.9 Å². The van der Waals surface area contributed by atoms with Crippen molar-refractivity contribution in [2.45, 2.75) is 30.8 Å². The van der Waals surface area contributed by atoms with E-state index in [9.17, 15) is 4.79 Å². The predicted molar refractivity (Wildman–Crippen MR) is 117 cm³/mol. The average molecular weight is 410 g/mol. The summed E-state index contributed by atoms with van der Waals surface area (Å²) in [5.41, 5.74) is 10.5. The molecule has 3 atom stereocenters. The topological polar surface area (TPSA) is 68.0 Å². The van der Waals surface area contributed by atoms with Crippen molar-refractivity contribution in [2.75, 3.05) is 40.9 Å². The molecular weight excluding hydrogens is 378 g/mol. The van der Waals surface area contributed by atoms with E-state index in [1.807, 2.05) is 6.07 Å². The van der Waals surface area contributed by atoms with E-state index in [2.05, 4.69) is 41.3 Å². The van der Waals surface area contributed by atoms with Gasteiger partial charge in [-0.15, -0.1) is 0 Å². The number of fused-ring (bicyclic) bond motifs is 3. The SMILES string of the molecule is COc1cc2c(cc1OCC(=O)N(C)C)CCN1C[C@H](c3ccccc3)[C@@H](N)C[C@@H]21. The number of hydrogen-bond donors (Lipinski definition) is 1. The Hall–Kier alpha value is -2.57. The van der Waals surface area contributed by atoms with E-state index in [-0.39, 0.29) is 24.6 Å². The van der Waals surface area contributed by atoms with Gasteiger partial charge in [-0.05, 0) is 41.7 Å². The summed E-state index contributed by atoms with van der Waals surface area (Å²) in [5, 5.41) is 0. The summed E-state index contributed by atoms with van der Waals surface area (Å²) in [7, 11) is 5.08. The smallest absolute Gasteiger partial charge is 0.259 e. The molecule has 4 rings (SSSR count). The molecule has 2 aromatic rings. The highest BCUT2D eigenvalue weighted by Gasteiger charge is 2.38. The molecule has 1 saturated heterocycles. The molecule has 0 aliphatic carbocycles. The normalized spacial score (nSPS) is 23.3. The second kappa shape index (κ2) is 8.66. The van der Waals surface area contributed by atoms with Crippen LogP contribution in [0.15, 0.2) is 42.5 Å². The number of likely N-dealkylation sites (N-methyl/N-ethyl adjacent to an activating group) is 1. The third-order valence-electron chi connectivity index (χ3n) is 6.41. The zero-order valence-electron chi connectivity index (χ0n) is 18.0. The van der Waals surface area contributed by atoms with Gasteiger partial charge in [0.25, 0.3) is 5.91 Å². The quantitative estimate of drug-likeness (QED) is 0.822. The van der Waals surface area contributed by atoms with Crippen molar-refractivity contribution in [1.29, 1.82) is 0 Å². The number of benzene rings is 2. The minimum absolute atomic E-state index is 0.00132. The third kappa shape index (κ3) is 4.02. The summed E-state index contributed by atoms with van der Waals surface area (Å²) < 4.78 is 11.4. The summed E-state index contributed by atoms with van der Waals surface area (Å²) in [6, 6.07) is 15.1. The fourth-order valence-electron chi connectivity index (χ4n) is 4.66. The number of amides is 1. The minimum Gasteiger partial charge on any atom is -0.493 e. The summed E-state index contributed by atoms with van der Waals surface area (Å²) in [5.74, 6) is 1.57. The minimum atomic E-state index is -0.0776. The zero-order valence-corrected chi connectivity index (χ0v) is 18.0. The molecule has 1 fully saturated rings. The van der Waals surface area contributed by atoms with Gasteiger partial charge in [0.05, 0.1) is 7.11 Å². The molecule has 160 valence electrons. The molecule has 0 bridgehead atoms. The molecule has 1 amide bonds. The first-order valence-electron chi connectivity index (χ1n) is 10.6. The molecule has 2 aromatic carbocycles. The monoisotopic (exact) mass is 409 g/mol. The fourth-order valence-corrected chi connectivity index (χ4v) is 4.66. The highest BCUT2D eigenvalue weighted by atomic mass is 16.5. The van der Waals surface area contributed by atoms with Gasteiger partial charge < -0.3 is 20.1 Å². The molecule has 0 saturated carbocycles. The number of rotatable bonds is 5. The van der Waals surface area contributed by atoms with Gasteiger partial charge in [0.2, 0.25) is 0 Å². The van der Waals surface area contributed by atoms with Gasteiger partial charge >= 0.3 is 0 Å². The maximum Gasteiger partial charge on any atom is 0.259 e. The Morgan fingerprint density at radius 2 is 1.97 bits per heavy atom. The van der Waals surface area contributed by atoms with Crippen LogP contribution in [-0.4, -0.2) is 62.7 Å². The summed E-state index contributed by atoms with van der Waals surface area (Å²) >= 11 is 0. The molecule has 0 radical (unpaired) electrons. The lowest BCUT2D eigenvalue weighted by molar-refractivity contribution is -0.130. The van der Waals surface area contributed by atoms with Crippen LogP contribution in [0, 0.1) is 0 Å². The van der Waals surface area contributed by atoms with Gasteiger partial charge in [-0.1, -0.05) is 30.3 Å². The van der Waals surface area contributed by atoms with Crippen LogP contribution in [0.25, 0.3) is 0 Å². The molecule has 30 heavy (non-hydrogen) atoms. The van der Waals surface area contributed by atoms with E-state index in [1.54, 1.807) is 21.2 Å². The third-order valence-corrected chi connectivity index (χ3v) is 6.41. The van der Waals surface area contributed by atoms with Crippen molar-refractivity contribution in [1.82, 2.24) is 9.80 Å². The first kappa shape index (κ1) is 20.7. The lowest BCUT2D eigenvalue weighted by Gasteiger charge is -2.46. The zero-order chi connectivity index (χ0) is 21.3. The molecule has 2 N–H and O–H groups in total. The summed E-state index contributed by atoms with van der Waals surface area (Å²) in [4.78, 5) is 16.0. The number of ether oxygens (including phenoxy) is 2.